The van der Waals surface area contributed by atoms with Crippen molar-refractivity contribution in [2.45, 2.75) is 44.8 Å². The van der Waals surface area contributed by atoms with E-state index in [0.717, 1.165) is 28.7 Å². The zero-order valence-corrected chi connectivity index (χ0v) is 19.5. The van der Waals surface area contributed by atoms with Crippen molar-refractivity contribution >= 4 is 23.5 Å². The molecule has 0 spiro atoms. The Morgan fingerprint density at radius 2 is 1.82 bits per heavy atom. The monoisotopic (exact) mass is 475 g/mol. The molecule has 5 nitrogen and oxygen atoms in total. The number of benzene rings is 3. The number of carboxylic acid groups (broad SMARTS) is 1. The van der Waals surface area contributed by atoms with Gasteiger partial charge in [0, 0.05) is 11.6 Å². The third kappa shape index (κ3) is 4.66. The maximum absolute atomic E-state index is 12.8. The summed E-state index contributed by atoms with van der Waals surface area (Å²) in [5.41, 5.74) is 4.44. The number of fused-ring (bicyclic) bond motifs is 1. The molecule has 0 aromatic heterocycles. The van der Waals surface area contributed by atoms with Crippen LogP contribution in [0.2, 0.25) is 5.02 Å². The van der Waals surface area contributed by atoms with Crippen molar-refractivity contribution < 1.29 is 19.4 Å². The van der Waals surface area contributed by atoms with Crippen molar-refractivity contribution in [1.82, 2.24) is 5.32 Å². The van der Waals surface area contributed by atoms with Gasteiger partial charge in [0.05, 0.1) is 10.6 Å². The molecular formula is C28H26ClNO4. The molecule has 0 saturated heterocycles. The van der Waals surface area contributed by atoms with Gasteiger partial charge in [-0.05, 0) is 77.8 Å². The quantitative estimate of drug-likeness (QED) is 0.449. The molecule has 3 aromatic rings. The summed E-state index contributed by atoms with van der Waals surface area (Å²) >= 11 is 6.00. The molecule has 2 aliphatic rings. The smallest absolute Gasteiger partial charge is 0.337 e. The van der Waals surface area contributed by atoms with Gasteiger partial charge in [-0.25, -0.2) is 4.79 Å². The van der Waals surface area contributed by atoms with Gasteiger partial charge in [0.15, 0.2) is 0 Å². The van der Waals surface area contributed by atoms with E-state index in [1.54, 1.807) is 18.2 Å². The van der Waals surface area contributed by atoms with Gasteiger partial charge in [0.1, 0.15) is 12.4 Å². The predicted octanol–water partition coefficient (Wildman–Crippen LogP) is 6.13. The highest BCUT2D eigenvalue weighted by molar-refractivity contribution is 6.33. The Balaban J connectivity index is 1.29. The fraction of sp³-hybridized carbons (Fsp3) is 0.286. The molecule has 5 rings (SSSR count). The molecule has 174 valence electrons. The van der Waals surface area contributed by atoms with E-state index >= 15 is 0 Å². The van der Waals surface area contributed by atoms with Crippen LogP contribution in [0, 0.1) is 5.92 Å². The Bertz CT molecular complexity index is 1250. The lowest BCUT2D eigenvalue weighted by Gasteiger charge is -2.30. The van der Waals surface area contributed by atoms with Crippen LogP contribution in [0.1, 0.15) is 57.5 Å². The van der Waals surface area contributed by atoms with Crippen LogP contribution in [0.25, 0.3) is 11.1 Å². The van der Waals surface area contributed by atoms with Crippen LogP contribution in [0.3, 0.4) is 0 Å². The number of carbonyl (C=O) groups excluding carboxylic acids is 1. The molecular weight excluding hydrogens is 450 g/mol. The zero-order chi connectivity index (χ0) is 23.7. The lowest BCUT2D eigenvalue weighted by molar-refractivity contribution is 0.0696. The summed E-state index contributed by atoms with van der Waals surface area (Å²) < 4.78 is 6.01. The molecule has 3 aromatic carbocycles. The average molecular weight is 476 g/mol. The largest absolute Gasteiger partial charge is 0.489 e. The second kappa shape index (κ2) is 9.51. The Morgan fingerprint density at radius 1 is 1.03 bits per heavy atom. The normalized spacial score (nSPS) is 17.8. The Kier molecular flexibility index (Phi) is 6.29. The number of aromatic carboxylic acids is 1. The van der Waals surface area contributed by atoms with Gasteiger partial charge < -0.3 is 15.2 Å². The highest BCUT2D eigenvalue weighted by Gasteiger charge is 2.31. The lowest BCUT2D eigenvalue weighted by Crippen LogP contribution is -2.45. The SMILES string of the molecule is O=C(O)c1cc(-c2cccc(COc3ccc4c(c3)C(=O)NC(C3CCCC3)C4)c2)ccc1Cl. The van der Waals surface area contributed by atoms with Crippen LogP contribution in [-0.2, 0) is 13.0 Å². The Morgan fingerprint density at radius 3 is 2.62 bits per heavy atom. The third-order valence-corrected chi connectivity index (χ3v) is 7.24. The highest BCUT2D eigenvalue weighted by atomic mass is 35.5. The topological polar surface area (TPSA) is 75.6 Å². The van der Waals surface area contributed by atoms with E-state index in [0.29, 0.717) is 23.8 Å². The first-order valence-electron chi connectivity index (χ1n) is 11.7. The van der Waals surface area contributed by atoms with Gasteiger partial charge in [-0.15, -0.1) is 0 Å². The van der Waals surface area contributed by atoms with Gasteiger partial charge in [-0.1, -0.05) is 54.8 Å². The number of hydrogen-bond donors (Lipinski definition) is 2. The number of carboxylic acids is 1. The number of carbonyl (C=O) groups is 2. The van der Waals surface area contributed by atoms with E-state index in [-0.39, 0.29) is 22.5 Å². The molecule has 1 amide bonds. The summed E-state index contributed by atoms with van der Waals surface area (Å²) in [6, 6.07) is 18.7. The van der Waals surface area contributed by atoms with Crippen molar-refractivity contribution in [3.8, 4) is 16.9 Å². The first-order chi connectivity index (χ1) is 16.5. The Labute approximate surface area is 203 Å². The molecule has 6 heteroatoms. The molecule has 0 bridgehead atoms. The van der Waals surface area contributed by atoms with Crippen molar-refractivity contribution in [2.75, 3.05) is 0 Å². The van der Waals surface area contributed by atoms with E-state index in [2.05, 4.69) is 5.32 Å². The summed E-state index contributed by atoms with van der Waals surface area (Å²) in [5.74, 6) is 0.172. The van der Waals surface area contributed by atoms with Crippen molar-refractivity contribution in [2.24, 2.45) is 5.92 Å². The average Bonchev–Trinajstić information content (AvgIpc) is 3.38. The molecule has 1 heterocycles. The second-order valence-electron chi connectivity index (χ2n) is 9.14. The van der Waals surface area contributed by atoms with Gasteiger partial charge >= 0.3 is 5.97 Å². The number of ether oxygens (including phenoxy) is 1. The van der Waals surface area contributed by atoms with E-state index in [9.17, 15) is 14.7 Å². The first-order valence-corrected chi connectivity index (χ1v) is 12.0. The van der Waals surface area contributed by atoms with Crippen LogP contribution in [-0.4, -0.2) is 23.0 Å². The van der Waals surface area contributed by atoms with Crippen molar-refractivity contribution in [3.05, 3.63) is 87.9 Å². The van der Waals surface area contributed by atoms with Gasteiger partial charge in [-0.3, -0.25) is 4.79 Å². The molecule has 34 heavy (non-hydrogen) atoms. The van der Waals surface area contributed by atoms with E-state index < -0.39 is 5.97 Å². The van der Waals surface area contributed by atoms with Crippen LogP contribution < -0.4 is 10.1 Å². The minimum atomic E-state index is -1.06. The summed E-state index contributed by atoms with van der Waals surface area (Å²) in [7, 11) is 0. The molecule has 1 unspecified atom stereocenters. The van der Waals surface area contributed by atoms with Gasteiger partial charge in [0.2, 0.25) is 0 Å². The number of amides is 1. The highest BCUT2D eigenvalue weighted by Crippen LogP contribution is 2.33. The minimum absolute atomic E-state index is 0.0115. The van der Waals surface area contributed by atoms with Gasteiger partial charge in [-0.2, -0.15) is 0 Å². The number of rotatable bonds is 6. The fourth-order valence-corrected chi connectivity index (χ4v) is 5.29. The minimum Gasteiger partial charge on any atom is -0.489 e. The number of nitrogens with one attached hydrogen (secondary N) is 1. The van der Waals surface area contributed by atoms with E-state index in [4.69, 9.17) is 16.3 Å². The summed E-state index contributed by atoms with van der Waals surface area (Å²) in [6.07, 6.45) is 5.81. The van der Waals surface area contributed by atoms with Crippen LogP contribution >= 0.6 is 11.6 Å². The summed E-state index contributed by atoms with van der Waals surface area (Å²) in [4.78, 5) is 24.2. The Hall–Kier alpha value is -3.31. The maximum atomic E-state index is 12.8. The third-order valence-electron chi connectivity index (χ3n) is 6.91. The molecule has 0 radical (unpaired) electrons. The molecule has 2 N–H and O–H groups in total. The molecule has 1 saturated carbocycles. The molecule has 1 aliphatic carbocycles. The van der Waals surface area contributed by atoms with E-state index in [1.165, 1.54) is 25.7 Å². The van der Waals surface area contributed by atoms with Crippen LogP contribution in [0.4, 0.5) is 0 Å². The fourth-order valence-electron chi connectivity index (χ4n) is 5.09. The predicted molar refractivity (Wildman–Crippen MR) is 132 cm³/mol. The lowest BCUT2D eigenvalue weighted by atomic mass is 9.87. The second-order valence-corrected chi connectivity index (χ2v) is 9.54. The number of halogens is 1. The summed E-state index contributed by atoms with van der Waals surface area (Å²) in [6.45, 7) is 0.332. The molecule has 1 atom stereocenters. The maximum Gasteiger partial charge on any atom is 0.337 e. The van der Waals surface area contributed by atoms with E-state index in [1.807, 2.05) is 42.5 Å². The van der Waals surface area contributed by atoms with Crippen LogP contribution in [0.15, 0.2) is 60.7 Å². The van der Waals surface area contributed by atoms with Gasteiger partial charge in [0.25, 0.3) is 5.91 Å². The molecule has 1 fully saturated rings. The van der Waals surface area contributed by atoms with Crippen molar-refractivity contribution in [3.63, 3.8) is 0 Å². The van der Waals surface area contributed by atoms with Crippen LogP contribution in [0.5, 0.6) is 5.75 Å². The van der Waals surface area contributed by atoms with Crippen molar-refractivity contribution in [1.29, 1.82) is 0 Å². The summed E-state index contributed by atoms with van der Waals surface area (Å²) in [5, 5.41) is 12.8. The first kappa shape index (κ1) is 22.5. The number of hydrogen-bond acceptors (Lipinski definition) is 3. The zero-order valence-electron chi connectivity index (χ0n) is 18.7. The standard InChI is InChI=1S/C28H26ClNO4/c29-25-11-9-20(13-24(25)28(32)33)19-7-3-4-17(12-19)16-34-22-10-8-21-14-26(18-5-1-2-6-18)30-27(31)23(21)15-22/h3-4,7-13,15,18,26H,1-2,5-6,14,16H2,(H,30,31)(H,32,33). The molecule has 1 aliphatic heterocycles.